The van der Waals surface area contributed by atoms with Gasteiger partial charge >= 0.3 is 0 Å². The van der Waals surface area contributed by atoms with Crippen LogP contribution in [0.1, 0.15) is 16.7 Å². The number of benzene rings is 2. The molecule has 0 spiro atoms. The number of hydrogen-bond acceptors (Lipinski definition) is 2. The van der Waals surface area contributed by atoms with Crippen LogP contribution in [0, 0.1) is 13.8 Å². The molecule has 2 heteroatoms. The third kappa shape index (κ3) is 3.36. The molecule has 0 saturated carbocycles. The van der Waals surface area contributed by atoms with Crippen molar-refractivity contribution in [1.82, 2.24) is 0 Å². The van der Waals surface area contributed by atoms with Crippen molar-refractivity contribution in [3.8, 4) is 0 Å². The Morgan fingerprint density at radius 2 is 1.47 bits per heavy atom. The molecule has 0 aliphatic heterocycles. The molecule has 2 aromatic rings. The van der Waals surface area contributed by atoms with Gasteiger partial charge in [-0.1, -0.05) is 18.2 Å². The quantitative estimate of drug-likeness (QED) is 0.903. The lowest BCUT2D eigenvalue weighted by Crippen LogP contribution is -2.10. The molecule has 0 aromatic heterocycles. The molecule has 2 rings (SSSR count). The van der Waals surface area contributed by atoms with Crippen LogP contribution in [-0.4, -0.2) is 13.6 Å². The lowest BCUT2D eigenvalue weighted by Gasteiger charge is -2.21. The van der Waals surface area contributed by atoms with E-state index in [-0.39, 0.29) is 0 Å². The van der Waals surface area contributed by atoms with Gasteiger partial charge in [0.05, 0.1) is 0 Å². The summed E-state index contributed by atoms with van der Waals surface area (Å²) in [6.07, 6.45) is 0.938. The molecular formula is C17H22N2. The Bertz CT molecular complexity index is 523. The fourth-order valence-electron chi connectivity index (χ4n) is 2.35. The average molecular weight is 254 g/mol. The summed E-state index contributed by atoms with van der Waals surface area (Å²) < 4.78 is 0. The number of rotatable bonds is 4. The zero-order chi connectivity index (χ0) is 13.8. The van der Waals surface area contributed by atoms with Crippen LogP contribution in [0.5, 0.6) is 0 Å². The molecule has 0 aliphatic carbocycles. The van der Waals surface area contributed by atoms with E-state index in [0.29, 0.717) is 6.54 Å². The minimum atomic E-state index is 0.701. The second kappa shape index (κ2) is 5.89. The predicted molar refractivity (Wildman–Crippen MR) is 83.2 cm³/mol. The minimum absolute atomic E-state index is 0.701. The third-order valence-electron chi connectivity index (χ3n) is 3.35. The van der Waals surface area contributed by atoms with Crippen molar-refractivity contribution in [1.29, 1.82) is 0 Å². The van der Waals surface area contributed by atoms with E-state index in [4.69, 9.17) is 5.73 Å². The average Bonchev–Trinajstić information content (AvgIpc) is 2.38. The highest BCUT2D eigenvalue weighted by Gasteiger charge is 2.05. The number of anilines is 2. The van der Waals surface area contributed by atoms with Crippen molar-refractivity contribution in [3.05, 3.63) is 59.2 Å². The van der Waals surface area contributed by atoms with Crippen LogP contribution < -0.4 is 10.6 Å². The SMILES string of the molecule is Cc1cc(C)cc(N(C)c2ccc(CCN)cc2)c1. The van der Waals surface area contributed by atoms with Gasteiger partial charge in [0.25, 0.3) is 0 Å². The molecular weight excluding hydrogens is 232 g/mol. The number of nitrogens with two attached hydrogens (primary N) is 1. The number of hydrogen-bond donors (Lipinski definition) is 1. The molecule has 0 aliphatic rings. The first-order valence-electron chi connectivity index (χ1n) is 6.71. The van der Waals surface area contributed by atoms with Crippen LogP contribution >= 0.6 is 0 Å². The van der Waals surface area contributed by atoms with Crippen LogP contribution in [0.2, 0.25) is 0 Å². The van der Waals surface area contributed by atoms with Crippen LogP contribution in [0.4, 0.5) is 11.4 Å². The fraction of sp³-hybridized carbons (Fsp3) is 0.294. The lowest BCUT2D eigenvalue weighted by molar-refractivity contribution is 0.968. The summed E-state index contributed by atoms with van der Waals surface area (Å²) in [5.41, 5.74) is 11.9. The van der Waals surface area contributed by atoms with Gasteiger partial charge in [-0.25, -0.2) is 0 Å². The van der Waals surface area contributed by atoms with E-state index in [0.717, 1.165) is 6.42 Å². The molecule has 0 saturated heterocycles. The van der Waals surface area contributed by atoms with Crippen molar-refractivity contribution in [3.63, 3.8) is 0 Å². The number of aryl methyl sites for hydroxylation is 2. The van der Waals surface area contributed by atoms with Gasteiger partial charge in [-0.15, -0.1) is 0 Å². The van der Waals surface area contributed by atoms with Gasteiger partial charge < -0.3 is 10.6 Å². The summed E-state index contributed by atoms with van der Waals surface area (Å²) in [7, 11) is 2.10. The molecule has 0 radical (unpaired) electrons. The van der Waals surface area contributed by atoms with Gasteiger partial charge in [0.15, 0.2) is 0 Å². The standard InChI is InChI=1S/C17H22N2/c1-13-10-14(2)12-17(11-13)19(3)16-6-4-15(5-7-16)8-9-18/h4-7,10-12H,8-9,18H2,1-3H3. The van der Waals surface area contributed by atoms with Crippen molar-refractivity contribution in [2.75, 3.05) is 18.5 Å². The predicted octanol–water partition coefficient (Wildman–Crippen LogP) is 3.57. The summed E-state index contributed by atoms with van der Waals surface area (Å²) in [4.78, 5) is 2.21. The minimum Gasteiger partial charge on any atom is -0.345 e. The highest BCUT2D eigenvalue weighted by molar-refractivity contribution is 5.64. The van der Waals surface area contributed by atoms with Crippen LogP contribution in [-0.2, 0) is 6.42 Å². The highest BCUT2D eigenvalue weighted by atomic mass is 15.1. The second-order valence-electron chi connectivity index (χ2n) is 5.11. The normalized spacial score (nSPS) is 10.5. The Morgan fingerprint density at radius 1 is 0.895 bits per heavy atom. The smallest absolute Gasteiger partial charge is 0.0413 e. The first-order chi connectivity index (χ1) is 9.10. The molecule has 0 bridgehead atoms. The molecule has 2 aromatic carbocycles. The van der Waals surface area contributed by atoms with Crippen LogP contribution in [0.15, 0.2) is 42.5 Å². The molecule has 19 heavy (non-hydrogen) atoms. The summed E-state index contributed by atoms with van der Waals surface area (Å²) in [5, 5.41) is 0. The first kappa shape index (κ1) is 13.6. The largest absolute Gasteiger partial charge is 0.345 e. The monoisotopic (exact) mass is 254 g/mol. The summed E-state index contributed by atoms with van der Waals surface area (Å²) in [6, 6.07) is 15.2. The lowest BCUT2D eigenvalue weighted by atomic mass is 10.1. The van der Waals surface area contributed by atoms with Gasteiger partial charge in [0.1, 0.15) is 0 Å². The van der Waals surface area contributed by atoms with Gasteiger partial charge in [0.2, 0.25) is 0 Å². The zero-order valence-corrected chi connectivity index (χ0v) is 12.0. The molecule has 0 atom stereocenters. The molecule has 0 fully saturated rings. The van der Waals surface area contributed by atoms with Crippen LogP contribution in [0.25, 0.3) is 0 Å². The van der Waals surface area contributed by atoms with Gasteiger partial charge in [-0.2, -0.15) is 0 Å². The van der Waals surface area contributed by atoms with Gasteiger partial charge in [-0.3, -0.25) is 0 Å². The van der Waals surface area contributed by atoms with E-state index < -0.39 is 0 Å². The van der Waals surface area contributed by atoms with E-state index in [1.54, 1.807) is 0 Å². The second-order valence-corrected chi connectivity index (χ2v) is 5.11. The third-order valence-corrected chi connectivity index (χ3v) is 3.35. The molecule has 0 heterocycles. The van der Waals surface area contributed by atoms with Crippen LogP contribution in [0.3, 0.4) is 0 Å². The highest BCUT2D eigenvalue weighted by Crippen LogP contribution is 2.25. The summed E-state index contributed by atoms with van der Waals surface area (Å²) in [6.45, 7) is 4.97. The molecule has 2 N–H and O–H groups in total. The first-order valence-corrected chi connectivity index (χ1v) is 6.71. The Morgan fingerprint density at radius 3 is 2.00 bits per heavy atom. The van der Waals surface area contributed by atoms with Gasteiger partial charge in [-0.05, 0) is 67.8 Å². The fourth-order valence-corrected chi connectivity index (χ4v) is 2.35. The van der Waals surface area contributed by atoms with E-state index >= 15 is 0 Å². The maximum atomic E-state index is 5.57. The molecule has 100 valence electrons. The number of nitrogens with zero attached hydrogens (tertiary/aromatic N) is 1. The molecule has 0 unspecified atom stereocenters. The van der Waals surface area contributed by atoms with Crippen molar-refractivity contribution >= 4 is 11.4 Å². The maximum absolute atomic E-state index is 5.57. The maximum Gasteiger partial charge on any atom is 0.0413 e. The van der Waals surface area contributed by atoms with Crippen molar-refractivity contribution in [2.24, 2.45) is 5.73 Å². The van der Waals surface area contributed by atoms with E-state index in [1.807, 2.05) is 0 Å². The Balaban J connectivity index is 2.25. The van der Waals surface area contributed by atoms with E-state index in [2.05, 4.69) is 68.3 Å². The Labute approximate surface area is 115 Å². The van der Waals surface area contributed by atoms with Crippen molar-refractivity contribution < 1.29 is 0 Å². The summed E-state index contributed by atoms with van der Waals surface area (Å²) in [5.74, 6) is 0. The summed E-state index contributed by atoms with van der Waals surface area (Å²) >= 11 is 0. The Hall–Kier alpha value is -1.80. The van der Waals surface area contributed by atoms with E-state index in [1.165, 1.54) is 28.1 Å². The molecule has 0 amide bonds. The van der Waals surface area contributed by atoms with Gasteiger partial charge in [0, 0.05) is 18.4 Å². The Kier molecular flexibility index (Phi) is 4.23. The van der Waals surface area contributed by atoms with E-state index in [9.17, 15) is 0 Å². The molecule has 2 nitrogen and oxygen atoms in total. The topological polar surface area (TPSA) is 29.3 Å². The zero-order valence-electron chi connectivity index (χ0n) is 12.0. The van der Waals surface area contributed by atoms with Crippen molar-refractivity contribution in [2.45, 2.75) is 20.3 Å².